The van der Waals surface area contributed by atoms with Crippen LogP contribution in [0.1, 0.15) is 43.1 Å². The molecule has 7 nitrogen and oxygen atoms in total. The molecule has 1 saturated heterocycles. The van der Waals surface area contributed by atoms with E-state index in [2.05, 4.69) is 5.32 Å². The topological polar surface area (TPSA) is 91.6 Å². The van der Waals surface area contributed by atoms with Crippen molar-refractivity contribution in [3.63, 3.8) is 0 Å². The van der Waals surface area contributed by atoms with Crippen molar-refractivity contribution in [2.75, 3.05) is 6.61 Å². The van der Waals surface area contributed by atoms with Gasteiger partial charge in [-0.25, -0.2) is 0 Å². The SMILES string of the molecule is C[C@@H](NC(=O)[C@@H]1[C@@H](CO)[C@@H]2Cn3c(cccc3=O)[C@@H]2N1C(=O)C1CC1)c1ccccc1. The number of rotatable bonds is 5. The van der Waals surface area contributed by atoms with Crippen molar-refractivity contribution < 1.29 is 14.7 Å². The van der Waals surface area contributed by atoms with E-state index in [4.69, 9.17) is 0 Å². The third-order valence-corrected chi connectivity index (χ3v) is 7.06. The van der Waals surface area contributed by atoms with Crippen LogP contribution in [0.5, 0.6) is 0 Å². The average Bonchev–Trinajstić information content (AvgIpc) is 3.48. The first-order valence-corrected chi connectivity index (χ1v) is 11.0. The number of carbonyl (C=O) groups is 2. The van der Waals surface area contributed by atoms with Gasteiger partial charge in [0.1, 0.15) is 6.04 Å². The number of hydrogen-bond acceptors (Lipinski definition) is 4. The number of aromatic nitrogens is 1. The van der Waals surface area contributed by atoms with Gasteiger partial charge in [-0.1, -0.05) is 36.4 Å². The van der Waals surface area contributed by atoms with Crippen LogP contribution in [0.15, 0.2) is 53.3 Å². The summed E-state index contributed by atoms with van der Waals surface area (Å²) in [6.45, 7) is 2.12. The molecule has 31 heavy (non-hydrogen) atoms. The minimum absolute atomic E-state index is 0.0387. The molecule has 2 aliphatic heterocycles. The summed E-state index contributed by atoms with van der Waals surface area (Å²) < 4.78 is 1.69. The molecule has 5 atom stereocenters. The lowest BCUT2D eigenvalue weighted by atomic mass is 9.88. The molecule has 2 aromatic rings. The van der Waals surface area contributed by atoms with Crippen molar-refractivity contribution in [1.82, 2.24) is 14.8 Å². The van der Waals surface area contributed by atoms with Crippen LogP contribution in [0, 0.1) is 17.8 Å². The number of carbonyl (C=O) groups excluding carboxylic acids is 2. The number of hydrogen-bond donors (Lipinski definition) is 2. The maximum absolute atomic E-state index is 13.5. The molecule has 162 valence electrons. The quantitative estimate of drug-likeness (QED) is 0.768. The van der Waals surface area contributed by atoms with E-state index in [1.54, 1.807) is 15.5 Å². The number of pyridine rings is 1. The molecule has 2 fully saturated rings. The zero-order chi connectivity index (χ0) is 21.7. The van der Waals surface area contributed by atoms with Gasteiger partial charge in [0, 0.05) is 42.7 Å². The van der Waals surface area contributed by atoms with Crippen LogP contribution in [0.4, 0.5) is 0 Å². The number of aliphatic hydroxyl groups is 1. The summed E-state index contributed by atoms with van der Waals surface area (Å²) in [6.07, 6.45) is 1.65. The Morgan fingerprint density at radius 3 is 2.55 bits per heavy atom. The van der Waals surface area contributed by atoms with Crippen molar-refractivity contribution in [3.05, 3.63) is 70.1 Å². The molecular formula is C24H27N3O4. The molecule has 1 aromatic heterocycles. The van der Waals surface area contributed by atoms with Crippen LogP contribution in [-0.4, -0.2) is 39.0 Å². The molecule has 0 spiro atoms. The molecule has 2 N–H and O–H groups in total. The summed E-state index contributed by atoms with van der Waals surface area (Å²) in [7, 11) is 0. The smallest absolute Gasteiger partial charge is 0.250 e. The van der Waals surface area contributed by atoms with Crippen molar-refractivity contribution in [2.45, 2.75) is 44.4 Å². The number of nitrogens with one attached hydrogen (secondary N) is 1. The molecule has 1 saturated carbocycles. The maximum atomic E-state index is 13.5. The van der Waals surface area contributed by atoms with Crippen LogP contribution < -0.4 is 10.9 Å². The maximum Gasteiger partial charge on any atom is 0.250 e. The molecular weight excluding hydrogens is 394 g/mol. The standard InChI is InChI=1S/C24H27N3O4/c1-14(15-6-3-2-4-7-15)25-23(30)22-18(13-28)17-12-26-19(8-5-9-20(26)29)21(17)27(22)24(31)16-10-11-16/h2-9,14,16-18,21-22,28H,10-13H2,1H3,(H,25,30)/t14-,17+,18+,21-,22+/m1/s1. The molecule has 3 aliphatic rings. The lowest BCUT2D eigenvalue weighted by Crippen LogP contribution is -2.51. The normalized spacial score (nSPS) is 27.5. The van der Waals surface area contributed by atoms with E-state index in [0.717, 1.165) is 24.1 Å². The number of fused-ring (bicyclic) bond motifs is 3. The van der Waals surface area contributed by atoms with E-state index < -0.39 is 12.0 Å². The Kier molecular flexibility index (Phi) is 4.93. The van der Waals surface area contributed by atoms with Gasteiger partial charge in [-0.2, -0.15) is 0 Å². The molecule has 7 heteroatoms. The Morgan fingerprint density at radius 1 is 1.13 bits per heavy atom. The highest BCUT2D eigenvalue weighted by Gasteiger charge is 2.58. The van der Waals surface area contributed by atoms with Crippen molar-refractivity contribution in [3.8, 4) is 0 Å². The van der Waals surface area contributed by atoms with Gasteiger partial charge in [-0.3, -0.25) is 14.4 Å². The third kappa shape index (κ3) is 3.28. The summed E-state index contributed by atoms with van der Waals surface area (Å²) in [5, 5.41) is 13.3. The van der Waals surface area contributed by atoms with E-state index in [-0.39, 0.29) is 47.9 Å². The molecule has 1 aromatic carbocycles. The Bertz CT molecular complexity index is 1060. The second kappa shape index (κ2) is 7.64. The van der Waals surface area contributed by atoms with Gasteiger partial charge in [0.2, 0.25) is 11.8 Å². The third-order valence-electron chi connectivity index (χ3n) is 7.06. The van der Waals surface area contributed by atoms with E-state index in [0.29, 0.717) is 6.54 Å². The number of nitrogens with zero attached hydrogens (tertiary/aromatic N) is 2. The molecule has 0 unspecified atom stereocenters. The number of amides is 2. The lowest BCUT2D eigenvalue weighted by Gasteiger charge is -2.32. The van der Waals surface area contributed by atoms with Crippen molar-refractivity contribution in [1.29, 1.82) is 0 Å². The Morgan fingerprint density at radius 2 is 1.87 bits per heavy atom. The summed E-state index contributed by atoms with van der Waals surface area (Å²) in [6, 6.07) is 13.4. The van der Waals surface area contributed by atoms with Gasteiger partial charge in [-0.15, -0.1) is 0 Å². The van der Waals surface area contributed by atoms with Crippen LogP contribution in [0.3, 0.4) is 0 Å². The fraction of sp³-hybridized carbons (Fsp3) is 0.458. The molecule has 1 aliphatic carbocycles. The molecule has 0 bridgehead atoms. The zero-order valence-corrected chi connectivity index (χ0v) is 17.5. The van der Waals surface area contributed by atoms with Gasteiger partial charge >= 0.3 is 0 Å². The van der Waals surface area contributed by atoms with Gasteiger partial charge in [0.25, 0.3) is 5.56 Å². The minimum Gasteiger partial charge on any atom is -0.396 e. The predicted octanol–water partition coefficient (Wildman–Crippen LogP) is 1.63. The molecule has 0 radical (unpaired) electrons. The summed E-state index contributed by atoms with van der Waals surface area (Å²) >= 11 is 0. The van der Waals surface area contributed by atoms with E-state index in [1.807, 2.05) is 43.3 Å². The first-order chi connectivity index (χ1) is 15.0. The number of aliphatic hydroxyl groups excluding tert-OH is 1. The zero-order valence-electron chi connectivity index (χ0n) is 17.5. The van der Waals surface area contributed by atoms with Crippen molar-refractivity contribution >= 4 is 11.8 Å². The van der Waals surface area contributed by atoms with E-state index in [1.165, 1.54) is 6.07 Å². The molecule has 5 rings (SSSR count). The number of benzene rings is 1. The second-order valence-corrected chi connectivity index (χ2v) is 8.96. The van der Waals surface area contributed by atoms with E-state index in [9.17, 15) is 19.5 Å². The monoisotopic (exact) mass is 421 g/mol. The van der Waals surface area contributed by atoms with Crippen molar-refractivity contribution in [2.24, 2.45) is 17.8 Å². The average molecular weight is 421 g/mol. The van der Waals surface area contributed by atoms with Crippen LogP contribution in [-0.2, 0) is 16.1 Å². The summed E-state index contributed by atoms with van der Waals surface area (Å²) in [4.78, 5) is 40.9. The Labute approximate surface area is 180 Å². The number of likely N-dealkylation sites (tertiary alicyclic amines) is 1. The second-order valence-electron chi connectivity index (χ2n) is 8.96. The van der Waals surface area contributed by atoms with Crippen LogP contribution in [0.2, 0.25) is 0 Å². The predicted molar refractivity (Wildman–Crippen MR) is 114 cm³/mol. The highest BCUT2D eigenvalue weighted by Crippen LogP contribution is 2.51. The molecule has 3 heterocycles. The van der Waals surface area contributed by atoms with Gasteiger partial charge in [-0.05, 0) is 31.4 Å². The Hall–Kier alpha value is -2.93. The summed E-state index contributed by atoms with van der Waals surface area (Å²) in [5.41, 5.74) is 1.63. The van der Waals surface area contributed by atoms with Crippen LogP contribution >= 0.6 is 0 Å². The van der Waals surface area contributed by atoms with Crippen LogP contribution in [0.25, 0.3) is 0 Å². The molecule has 2 amide bonds. The van der Waals surface area contributed by atoms with Gasteiger partial charge in [0.15, 0.2) is 0 Å². The van der Waals surface area contributed by atoms with Gasteiger partial charge < -0.3 is 19.9 Å². The lowest BCUT2D eigenvalue weighted by molar-refractivity contribution is -0.143. The van der Waals surface area contributed by atoms with E-state index >= 15 is 0 Å². The highest BCUT2D eigenvalue weighted by molar-refractivity contribution is 5.91. The minimum atomic E-state index is -0.747. The first-order valence-electron chi connectivity index (χ1n) is 11.0. The highest BCUT2D eigenvalue weighted by atomic mass is 16.3. The largest absolute Gasteiger partial charge is 0.396 e. The Balaban J connectivity index is 1.50. The van der Waals surface area contributed by atoms with Gasteiger partial charge in [0.05, 0.1) is 12.1 Å². The fourth-order valence-corrected chi connectivity index (χ4v) is 5.35. The summed E-state index contributed by atoms with van der Waals surface area (Å²) in [5.74, 6) is -0.933. The first kappa shape index (κ1) is 20.0. The fourth-order valence-electron chi connectivity index (χ4n) is 5.35.